The van der Waals surface area contributed by atoms with Gasteiger partial charge in [-0.1, -0.05) is 20.8 Å². The molecule has 0 unspecified atom stereocenters. The van der Waals surface area contributed by atoms with Gasteiger partial charge in [0, 0.05) is 25.0 Å². The van der Waals surface area contributed by atoms with Crippen LogP contribution in [0.2, 0.25) is 0 Å². The summed E-state index contributed by atoms with van der Waals surface area (Å²) >= 11 is 0. The van der Waals surface area contributed by atoms with Crippen LogP contribution in [-0.2, 0) is 10.0 Å². The molecule has 0 amide bonds. The molecule has 2 N–H and O–H groups in total. The average molecular weight is 332 g/mol. The van der Waals surface area contributed by atoms with Crippen LogP contribution in [0.1, 0.15) is 52.9 Å². The molecule has 0 heterocycles. The van der Waals surface area contributed by atoms with Gasteiger partial charge >= 0.3 is 6.18 Å². The third kappa shape index (κ3) is 6.12. The van der Waals surface area contributed by atoms with Crippen molar-refractivity contribution in [2.75, 3.05) is 18.8 Å². The summed E-state index contributed by atoms with van der Waals surface area (Å²) in [5.74, 6) is -0.492. The molecule has 0 atom stereocenters. The Balaban J connectivity index is 5.16. The molecule has 0 aromatic rings. The maximum atomic E-state index is 12.4. The van der Waals surface area contributed by atoms with Crippen molar-refractivity contribution >= 4 is 10.0 Å². The van der Waals surface area contributed by atoms with Gasteiger partial charge in [0.15, 0.2) is 0 Å². The molecule has 21 heavy (non-hydrogen) atoms. The summed E-state index contributed by atoms with van der Waals surface area (Å²) in [7, 11) is -3.75. The standard InChI is InChI=1S/C13H27F3N2O2S/c1-4-9-18(12(5-2,6-3)11-17)21(19,20)10-7-8-13(14,15)16/h4-11,17H2,1-3H3. The number of nitrogens with two attached hydrogens (primary N) is 1. The molecule has 0 bridgehead atoms. The normalized spacial score (nSPS) is 13.9. The van der Waals surface area contributed by atoms with Crippen LogP contribution in [0.4, 0.5) is 13.2 Å². The summed E-state index contributed by atoms with van der Waals surface area (Å²) in [4.78, 5) is 0. The van der Waals surface area contributed by atoms with Crippen LogP contribution in [0.25, 0.3) is 0 Å². The predicted molar refractivity (Wildman–Crippen MR) is 78.4 cm³/mol. The van der Waals surface area contributed by atoms with E-state index in [1.807, 2.05) is 20.8 Å². The lowest BCUT2D eigenvalue weighted by Gasteiger charge is -2.41. The highest BCUT2D eigenvalue weighted by Gasteiger charge is 2.39. The lowest BCUT2D eigenvalue weighted by molar-refractivity contribution is -0.134. The Morgan fingerprint density at radius 3 is 1.95 bits per heavy atom. The van der Waals surface area contributed by atoms with Crippen LogP contribution in [0.5, 0.6) is 0 Å². The molecule has 0 aliphatic carbocycles. The zero-order valence-corrected chi connectivity index (χ0v) is 13.9. The monoisotopic (exact) mass is 332 g/mol. The van der Waals surface area contributed by atoms with E-state index in [1.54, 1.807) is 0 Å². The number of hydrogen-bond acceptors (Lipinski definition) is 3. The fourth-order valence-corrected chi connectivity index (χ4v) is 4.55. The van der Waals surface area contributed by atoms with Crippen LogP contribution in [0.3, 0.4) is 0 Å². The van der Waals surface area contributed by atoms with Crippen molar-refractivity contribution in [2.24, 2.45) is 5.73 Å². The van der Waals surface area contributed by atoms with E-state index in [1.165, 1.54) is 4.31 Å². The number of hydrogen-bond donors (Lipinski definition) is 1. The summed E-state index contributed by atoms with van der Waals surface area (Å²) in [5, 5.41) is 0. The summed E-state index contributed by atoms with van der Waals surface area (Å²) in [5.41, 5.74) is 5.07. The average Bonchev–Trinajstić information content (AvgIpc) is 2.38. The van der Waals surface area contributed by atoms with Crippen molar-refractivity contribution in [3.05, 3.63) is 0 Å². The minimum absolute atomic E-state index is 0.165. The molecule has 0 aliphatic rings. The first-order valence-corrected chi connectivity index (χ1v) is 8.96. The molecule has 0 fully saturated rings. The first-order valence-electron chi connectivity index (χ1n) is 7.36. The summed E-state index contributed by atoms with van der Waals surface area (Å²) in [6, 6.07) is 0. The van der Waals surface area contributed by atoms with E-state index in [-0.39, 0.29) is 13.1 Å². The van der Waals surface area contributed by atoms with E-state index in [4.69, 9.17) is 5.73 Å². The van der Waals surface area contributed by atoms with Gasteiger partial charge in [0.2, 0.25) is 10.0 Å². The second kappa shape index (κ2) is 8.33. The molecule has 0 rings (SSSR count). The molecule has 0 spiro atoms. The lowest BCUT2D eigenvalue weighted by Crippen LogP contribution is -2.56. The zero-order chi connectivity index (χ0) is 16.7. The quantitative estimate of drug-likeness (QED) is 0.669. The molecule has 8 heteroatoms. The minimum Gasteiger partial charge on any atom is -0.329 e. The van der Waals surface area contributed by atoms with Crippen molar-refractivity contribution < 1.29 is 21.6 Å². The molecule has 0 saturated heterocycles. The van der Waals surface area contributed by atoms with Gasteiger partial charge in [0.05, 0.1) is 5.75 Å². The van der Waals surface area contributed by atoms with Gasteiger partial charge in [-0.05, 0) is 25.7 Å². The van der Waals surface area contributed by atoms with Crippen molar-refractivity contribution in [1.82, 2.24) is 4.31 Å². The van der Waals surface area contributed by atoms with Crippen LogP contribution < -0.4 is 5.73 Å². The van der Waals surface area contributed by atoms with Gasteiger partial charge in [-0.3, -0.25) is 0 Å². The topological polar surface area (TPSA) is 63.4 Å². The Bertz CT molecular complexity index is 384. The van der Waals surface area contributed by atoms with Crippen molar-refractivity contribution in [3.8, 4) is 0 Å². The highest BCUT2D eigenvalue weighted by atomic mass is 32.2. The molecular weight excluding hydrogens is 305 g/mol. The molecule has 128 valence electrons. The van der Waals surface area contributed by atoms with Crippen molar-refractivity contribution in [2.45, 2.75) is 64.6 Å². The van der Waals surface area contributed by atoms with Crippen molar-refractivity contribution in [3.63, 3.8) is 0 Å². The SMILES string of the molecule is CCCN(C(CC)(CC)CN)S(=O)(=O)CCCC(F)(F)F. The number of nitrogens with zero attached hydrogens (tertiary/aromatic N) is 1. The molecule has 0 aromatic carbocycles. The lowest BCUT2D eigenvalue weighted by atomic mass is 9.93. The Kier molecular flexibility index (Phi) is 8.20. The summed E-state index contributed by atoms with van der Waals surface area (Å²) < 4.78 is 62.7. The third-order valence-electron chi connectivity index (χ3n) is 3.85. The molecule has 0 aromatic heterocycles. The number of sulfonamides is 1. The number of rotatable bonds is 10. The van der Waals surface area contributed by atoms with E-state index in [0.717, 1.165) is 0 Å². The molecule has 0 radical (unpaired) electrons. The highest BCUT2D eigenvalue weighted by molar-refractivity contribution is 7.89. The van der Waals surface area contributed by atoms with E-state index in [9.17, 15) is 21.6 Å². The van der Waals surface area contributed by atoms with Gasteiger partial charge in [-0.15, -0.1) is 0 Å². The van der Waals surface area contributed by atoms with E-state index >= 15 is 0 Å². The third-order valence-corrected chi connectivity index (χ3v) is 5.90. The van der Waals surface area contributed by atoms with E-state index in [2.05, 4.69) is 0 Å². The second-order valence-electron chi connectivity index (χ2n) is 5.24. The van der Waals surface area contributed by atoms with Crippen LogP contribution >= 0.6 is 0 Å². The van der Waals surface area contributed by atoms with Gasteiger partial charge in [-0.2, -0.15) is 17.5 Å². The summed E-state index contributed by atoms with van der Waals surface area (Å²) in [6.45, 7) is 5.99. The fraction of sp³-hybridized carbons (Fsp3) is 1.00. The van der Waals surface area contributed by atoms with Gasteiger partial charge < -0.3 is 5.73 Å². The Morgan fingerprint density at radius 2 is 1.62 bits per heavy atom. The van der Waals surface area contributed by atoms with E-state index < -0.39 is 40.3 Å². The Morgan fingerprint density at radius 1 is 1.10 bits per heavy atom. The molecule has 4 nitrogen and oxygen atoms in total. The molecule has 0 saturated carbocycles. The van der Waals surface area contributed by atoms with Crippen molar-refractivity contribution in [1.29, 1.82) is 0 Å². The minimum atomic E-state index is -4.33. The predicted octanol–water partition coefficient (Wildman–Crippen LogP) is 2.89. The highest BCUT2D eigenvalue weighted by Crippen LogP contribution is 2.28. The van der Waals surface area contributed by atoms with Gasteiger partial charge in [-0.25, -0.2) is 8.42 Å². The van der Waals surface area contributed by atoms with Gasteiger partial charge in [0.25, 0.3) is 0 Å². The largest absolute Gasteiger partial charge is 0.389 e. The number of alkyl halides is 3. The van der Waals surface area contributed by atoms with E-state index in [0.29, 0.717) is 19.3 Å². The second-order valence-corrected chi connectivity index (χ2v) is 7.26. The number of halogens is 3. The molecular formula is C13H27F3N2O2S. The Hall–Kier alpha value is -0.340. The first kappa shape index (κ1) is 20.7. The van der Waals surface area contributed by atoms with Crippen LogP contribution in [-0.4, -0.2) is 43.3 Å². The smallest absolute Gasteiger partial charge is 0.329 e. The maximum absolute atomic E-state index is 12.4. The first-order chi connectivity index (χ1) is 9.58. The zero-order valence-electron chi connectivity index (χ0n) is 13.0. The van der Waals surface area contributed by atoms with Crippen LogP contribution in [0.15, 0.2) is 0 Å². The maximum Gasteiger partial charge on any atom is 0.389 e. The van der Waals surface area contributed by atoms with Crippen LogP contribution in [0, 0.1) is 0 Å². The fourth-order valence-electron chi connectivity index (χ4n) is 2.43. The summed E-state index contributed by atoms with van der Waals surface area (Å²) in [6.07, 6.45) is -4.15. The van der Waals surface area contributed by atoms with Gasteiger partial charge in [0.1, 0.15) is 0 Å². The Labute approximate surface area is 125 Å². The molecule has 0 aliphatic heterocycles.